The van der Waals surface area contributed by atoms with Gasteiger partial charge in [0.2, 0.25) is 0 Å². The molecule has 0 radical (unpaired) electrons. The predicted molar refractivity (Wildman–Crippen MR) is 90.5 cm³/mol. The van der Waals surface area contributed by atoms with E-state index in [9.17, 15) is 9.59 Å². The Morgan fingerprint density at radius 1 is 0.739 bits per heavy atom. The predicted octanol–water partition coefficient (Wildman–Crippen LogP) is 4.33. The molecule has 23 heavy (non-hydrogen) atoms. The lowest BCUT2D eigenvalue weighted by Crippen LogP contribution is -2.11. The van der Waals surface area contributed by atoms with E-state index in [0.717, 1.165) is 13.0 Å². The van der Waals surface area contributed by atoms with Gasteiger partial charge in [0.05, 0.1) is 6.61 Å². The van der Waals surface area contributed by atoms with Gasteiger partial charge < -0.3 is 14.6 Å². The van der Waals surface area contributed by atoms with Crippen LogP contribution in [0, 0.1) is 0 Å². The fourth-order valence-corrected chi connectivity index (χ4v) is 2.27. The Balaban J connectivity index is 3.14. The summed E-state index contributed by atoms with van der Waals surface area (Å²) in [6, 6.07) is 0. The maximum Gasteiger partial charge on any atom is 0.305 e. The molecule has 0 amide bonds. The van der Waals surface area contributed by atoms with Crippen molar-refractivity contribution in [2.75, 3.05) is 19.8 Å². The largest absolute Gasteiger partial charge is 0.481 e. The highest BCUT2D eigenvalue weighted by Crippen LogP contribution is 2.08. The van der Waals surface area contributed by atoms with E-state index in [4.69, 9.17) is 14.6 Å². The van der Waals surface area contributed by atoms with Crippen molar-refractivity contribution in [1.29, 1.82) is 0 Å². The Hall–Kier alpha value is -1.10. The molecule has 0 fully saturated rings. The standard InChI is InChI=1S/C18H34O5/c1-2-3-4-5-6-7-8-11-14-22-15-16-23-18(21)13-10-9-12-17(19)20/h2-16H2,1H3,(H,19,20). The average molecular weight is 330 g/mol. The minimum atomic E-state index is -0.826. The van der Waals surface area contributed by atoms with Crippen molar-refractivity contribution in [3.63, 3.8) is 0 Å². The molecular weight excluding hydrogens is 296 g/mol. The third-order valence-corrected chi connectivity index (χ3v) is 3.65. The van der Waals surface area contributed by atoms with Gasteiger partial charge in [0.15, 0.2) is 0 Å². The number of rotatable bonds is 17. The Bertz CT molecular complexity index is 291. The number of unbranched alkanes of at least 4 members (excludes halogenated alkanes) is 8. The second-order valence-corrected chi connectivity index (χ2v) is 5.91. The molecule has 136 valence electrons. The van der Waals surface area contributed by atoms with Crippen LogP contribution >= 0.6 is 0 Å². The smallest absolute Gasteiger partial charge is 0.305 e. The van der Waals surface area contributed by atoms with Crippen molar-refractivity contribution in [2.24, 2.45) is 0 Å². The Labute approximate surface area is 140 Å². The first-order valence-electron chi connectivity index (χ1n) is 9.12. The molecule has 0 unspecified atom stereocenters. The van der Waals surface area contributed by atoms with E-state index in [2.05, 4.69) is 6.92 Å². The summed E-state index contributed by atoms with van der Waals surface area (Å²) in [5.74, 6) is -1.10. The second kappa shape index (κ2) is 17.3. The molecule has 0 saturated heterocycles. The molecule has 0 rings (SSSR count). The summed E-state index contributed by atoms with van der Waals surface area (Å²) in [6.45, 7) is 3.69. The SMILES string of the molecule is CCCCCCCCCCOCCOC(=O)CCCCC(=O)O. The summed E-state index contributed by atoms with van der Waals surface area (Å²) in [5.41, 5.74) is 0. The van der Waals surface area contributed by atoms with Gasteiger partial charge in [-0.3, -0.25) is 9.59 Å². The first-order valence-corrected chi connectivity index (χ1v) is 9.12. The fourth-order valence-electron chi connectivity index (χ4n) is 2.27. The summed E-state index contributed by atoms with van der Waals surface area (Å²) in [4.78, 5) is 21.7. The lowest BCUT2D eigenvalue weighted by molar-refractivity contribution is -0.145. The number of carboxylic acid groups (broad SMARTS) is 1. The minimum absolute atomic E-state index is 0.106. The molecule has 0 aromatic heterocycles. The van der Waals surface area contributed by atoms with E-state index < -0.39 is 5.97 Å². The Kier molecular flexibility index (Phi) is 16.4. The van der Waals surface area contributed by atoms with Crippen LogP contribution in [0.25, 0.3) is 0 Å². The van der Waals surface area contributed by atoms with Crippen LogP contribution in [0.15, 0.2) is 0 Å². The van der Waals surface area contributed by atoms with E-state index in [1.165, 1.54) is 44.9 Å². The third kappa shape index (κ3) is 18.9. The monoisotopic (exact) mass is 330 g/mol. The van der Waals surface area contributed by atoms with Crippen LogP contribution in [0.5, 0.6) is 0 Å². The molecule has 0 aromatic rings. The summed E-state index contributed by atoms with van der Waals surface area (Å²) in [5, 5.41) is 8.47. The van der Waals surface area contributed by atoms with E-state index in [1.807, 2.05) is 0 Å². The molecule has 0 aliphatic rings. The summed E-state index contributed by atoms with van der Waals surface area (Å²) in [7, 11) is 0. The maximum absolute atomic E-state index is 11.3. The van der Waals surface area contributed by atoms with Gasteiger partial charge in [0, 0.05) is 19.4 Å². The van der Waals surface area contributed by atoms with Gasteiger partial charge >= 0.3 is 11.9 Å². The zero-order chi connectivity index (χ0) is 17.2. The third-order valence-electron chi connectivity index (χ3n) is 3.65. The Morgan fingerprint density at radius 2 is 1.35 bits per heavy atom. The summed E-state index contributed by atoms with van der Waals surface area (Å²) in [6.07, 6.45) is 11.7. The van der Waals surface area contributed by atoms with Gasteiger partial charge in [0.1, 0.15) is 6.61 Å². The average Bonchev–Trinajstić information content (AvgIpc) is 2.52. The molecule has 0 aliphatic heterocycles. The molecule has 0 saturated carbocycles. The normalized spacial score (nSPS) is 10.7. The van der Waals surface area contributed by atoms with Crippen LogP contribution in [0.3, 0.4) is 0 Å². The van der Waals surface area contributed by atoms with Gasteiger partial charge in [0.25, 0.3) is 0 Å². The molecule has 0 bridgehead atoms. The van der Waals surface area contributed by atoms with Gasteiger partial charge in [-0.05, 0) is 19.3 Å². The highest BCUT2D eigenvalue weighted by Gasteiger charge is 2.04. The first-order chi connectivity index (χ1) is 11.2. The van der Waals surface area contributed by atoms with Crippen LogP contribution < -0.4 is 0 Å². The van der Waals surface area contributed by atoms with Crippen LogP contribution in [0.2, 0.25) is 0 Å². The molecule has 0 spiro atoms. The molecule has 1 N–H and O–H groups in total. The fraction of sp³-hybridized carbons (Fsp3) is 0.889. The number of carboxylic acids is 1. The summed E-state index contributed by atoms with van der Waals surface area (Å²) >= 11 is 0. The van der Waals surface area contributed by atoms with Crippen LogP contribution in [0.1, 0.15) is 84.0 Å². The zero-order valence-electron chi connectivity index (χ0n) is 14.7. The van der Waals surface area contributed by atoms with E-state index in [0.29, 0.717) is 19.4 Å². The molecule has 5 heteroatoms. The Morgan fingerprint density at radius 3 is 2.00 bits per heavy atom. The molecule has 0 aliphatic carbocycles. The number of carbonyl (C=O) groups is 2. The lowest BCUT2D eigenvalue weighted by atomic mass is 10.1. The van der Waals surface area contributed by atoms with E-state index in [-0.39, 0.29) is 25.4 Å². The first kappa shape index (κ1) is 21.9. The van der Waals surface area contributed by atoms with Crippen LogP contribution in [-0.4, -0.2) is 36.9 Å². The van der Waals surface area contributed by atoms with Gasteiger partial charge in [-0.25, -0.2) is 0 Å². The van der Waals surface area contributed by atoms with Gasteiger partial charge in [-0.2, -0.15) is 0 Å². The highest BCUT2D eigenvalue weighted by atomic mass is 16.6. The minimum Gasteiger partial charge on any atom is -0.481 e. The van der Waals surface area contributed by atoms with Crippen molar-refractivity contribution in [1.82, 2.24) is 0 Å². The molecule has 0 heterocycles. The van der Waals surface area contributed by atoms with Crippen molar-refractivity contribution >= 4 is 11.9 Å². The molecular formula is C18H34O5. The number of ether oxygens (including phenoxy) is 2. The molecule has 5 nitrogen and oxygen atoms in total. The topological polar surface area (TPSA) is 72.8 Å². The van der Waals surface area contributed by atoms with Crippen molar-refractivity contribution in [3.8, 4) is 0 Å². The van der Waals surface area contributed by atoms with Crippen molar-refractivity contribution in [2.45, 2.75) is 84.0 Å². The second-order valence-electron chi connectivity index (χ2n) is 5.91. The molecule has 0 atom stereocenters. The van der Waals surface area contributed by atoms with Gasteiger partial charge in [-0.15, -0.1) is 0 Å². The lowest BCUT2D eigenvalue weighted by Gasteiger charge is -2.06. The van der Waals surface area contributed by atoms with E-state index >= 15 is 0 Å². The van der Waals surface area contributed by atoms with Crippen LogP contribution in [0.4, 0.5) is 0 Å². The van der Waals surface area contributed by atoms with Crippen molar-refractivity contribution < 1.29 is 24.2 Å². The molecule has 0 aromatic carbocycles. The number of hydrogen-bond donors (Lipinski definition) is 1. The number of carbonyl (C=O) groups excluding carboxylic acids is 1. The number of aliphatic carboxylic acids is 1. The van der Waals surface area contributed by atoms with Crippen LogP contribution in [-0.2, 0) is 19.1 Å². The quantitative estimate of drug-likeness (QED) is 0.317. The highest BCUT2D eigenvalue weighted by molar-refractivity contribution is 5.69. The number of esters is 1. The summed E-state index contributed by atoms with van der Waals surface area (Å²) < 4.78 is 10.5. The zero-order valence-corrected chi connectivity index (χ0v) is 14.7. The van der Waals surface area contributed by atoms with E-state index in [1.54, 1.807) is 0 Å². The van der Waals surface area contributed by atoms with Gasteiger partial charge in [-0.1, -0.05) is 51.9 Å². The maximum atomic E-state index is 11.3. The van der Waals surface area contributed by atoms with Crippen molar-refractivity contribution in [3.05, 3.63) is 0 Å². The number of hydrogen-bond acceptors (Lipinski definition) is 4.